The lowest BCUT2D eigenvalue weighted by Gasteiger charge is -2.11. The van der Waals surface area contributed by atoms with Crippen molar-refractivity contribution in [3.63, 3.8) is 0 Å². The third-order valence-corrected chi connectivity index (χ3v) is 3.63. The molecule has 14 heavy (non-hydrogen) atoms. The van der Waals surface area contributed by atoms with Gasteiger partial charge in [-0.15, -0.1) is 0 Å². The molecule has 6 heteroatoms. The maximum atomic E-state index is 11.6. The van der Waals surface area contributed by atoms with Crippen LogP contribution in [0.1, 0.15) is 17.5 Å². The molecule has 1 rings (SSSR count). The zero-order valence-electron chi connectivity index (χ0n) is 7.93. The molecule has 0 N–H and O–H groups in total. The van der Waals surface area contributed by atoms with Crippen LogP contribution in [-0.2, 0) is 10.0 Å². The molecule has 5 nitrogen and oxygen atoms in total. The molecule has 0 aliphatic rings. The molecule has 1 aromatic rings. The zero-order valence-corrected chi connectivity index (χ0v) is 8.74. The van der Waals surface area contributed by atoms with Crippen molar-refractivity contribution in [2.24, 2.45) is 0 Å². The number of carbonyl (C=O) groups is 1. The minimum Gasteiger partial charge on any atom is -0.440 e. The van der Waals surface area contributed by atoms with Gasteiger partial charge in [-0.1, -0.05) is 6.92 Å². The predicted octanol–water partition coefficient (Wildman–Crippen LogP) is 0.733. The van der Waals surface area contributed by atoms with Gasteiger partial charge in [0.05, 0.1) is 0 Å². The normalized spacial score (nSPS) is 11.9. The van der Waals surface area contributed by atoms with Gasteiger partial charge in [-0.05, 0) is 12.1 Å². The highest BCUT2D eigenvalue weighted by molar-refractivity contribution is 7.89. The Morgan fingerprint density at radius 3 is 2.57 bits per heavy atom. The molecule has 1 heterocycles. The summed E-state index contributed by atoms with van der Waals surface area (Å²) in [5.41, 5.74) is 0. The van der Waals surface area contributed by atoms with Gasteiger partial charge in [0, 0.05) is 13.6 Å². The summed E-state index contributed by atoms with van der Waals surface area (Å²) in [7, 11) is -2.13. The van der Waals surface area contributed by atoms with E-state index in [0.717, 1.165) is 4.31 Å². The second-order valence-electron chi connectivity index (χ2n) is 2.69. The standard InChI is InChI=1S/C8H11NO4S/c1-3-9(2)14(11,12)8-5-4-7(6-10)13-8/h4-6H,3H2,1-2H3. The molecular weight excluding hydrogens is 206 g/mol. The van der Waals surface area contributed by atoms with E-state index in [9.17, 15) is 13.2 Å². The first kappa shape index (κ1) is 10.9. The summed E-state index contributed by atoms with van der Waals surface area (Å²) in [5.74, 6) is 0.00748. The van der Waals surface area contributed by atoms with Crippen LogP contribution in [0, 0.1) is 0 Å². The summed E-state index contributed by atoms with van der Waals surface area (Å²) in [5, 5.41) is -0.205. The molecule has 0 unspecified atom stereocenters. The third kappa shape index (κ3) is 1.85. The van der Waals surface area contributed by atoms with E-state index in [4.69, 9.17) is 4.42 Å². The Balaban J connectivity index is 3.10. The lowest BCUT2D eigenvalue weighted by Crippen LogP contribution is -2.26. The number of hydrogen-bond donors (Lipinski definition) is 0. The van der Waals surface area contributed by atoms with E-state index in [1.165, 1.54) is 19.2 Å². The van der Waals surface area contributed by atoms with E-state index < -0.39 is 10.0 Å². The van der Waals surface area contributed by atoms with Crippen LogP contribution in [0.2, 0.25) is 0 Å². The topological polar surface area (TPSA) is 67.6 Å². The summed E-state index contributed by atoms with van der Waals surface area (Å²) in [6.07, 6.45) is 0.463. The fourth-order valence-corrected chi connectivity index (χ4v) is 1.95. The van der Waals surface area contributed by atoms with Gasteiger partial charge in [0.15, 0.2) is 12.0 Å². The minimum absolute atomic E-state index is 0.00748. The van der Waals surface area contributed by atoms with Crippen molar-refractivity contribution in [3.05, 3.63) is 17.9 Å². The van der Waals surface area contributed by atoms with Gasteiger partial charge in [0.2, 0.25) is 5.09 Å². The van der Waals surface area contributed by atoms with Crippen LogP contribution in [0.3, 0.4) is 0 Å². The summed E-state index contributed by atoms with van der Waals surface area (Å²) in [6.45, 7) is 2.06. The highest BCUT2D eigenvalue weighted by Gasteiger charge is 2.22. The quantitative estimate of drug-likeness (QED) is 0.697. The molecule has 78 valence electrons. The summed E-state index contributed by atoms with van der Waals surface area (Å²) in [6, 6.07) is 2.59. The van der Waals surface area contributed by atoms with Crippen molar-refractivity contribution in [1.82, 2.24) is 4.31 Å². The number of furan rings is 1. The molecule has 0 atom stereocenters. The Labute approximate surface area is 82.4 Å². The molecular formula is C8H11NO4S. The van der Waals surface area contributed by atoms with Crippen LogP contribution in [0.5, 0.6) is 0 Å². The first-order chi connectivity index (χ1) is 6.52. The summed E-state index contributed by atoms with van der Waals surface area (Å²) in [4.78, 5) is 10.3. The molecule has 0 saturated carbocycles. The first-order valence-electron chi connectivity index (χ1n) is 4.03. The Kier molecular flexibility index (Phi) is 3.07. The second-order valence-corrected chi connectivity index (χ2v) is 4.67. The van der Waals surface area contributed by atoms with Crippen molar-refractivity contribution < 1.29 is 17.6 Å². The number of rotatable bonds is 4. The number of aldehydes is 1. The van der Waals surface area contributed by atoms with E-state index in [1.54, 1.807) is 6.92 Å². The van der Waals surface area contributed by atoms with Crippen LogP contribution in [-0.4, -0.2) is 32.6 Å². The Morgan fingerprint density at radius 1 is 1.50 bits per heavy atom. The van der Waals surface area contributed by atoms with Gasteiger partial charge in [-0.25, -0.2) is 8.42 Å². The second kappa shape index (κ2) is 3.93. The number of carbonyl (C=O) groups excluding carboxylic acids is 1. The van der Waals surface area contributed by atoms with Gasteiger partial charge < -0.3 is 4.42 Å². The monoisotopic (exact) mass is 217 g/mol. The lowest BCUT2D eigenvalue weighted by atomic mass is 10.5. The van der Waals surface area contributed by atoms with Crippen molar-refractivity contribution in [3.8, 4) is 0 Å². The number of hydrogen-bond acceptors (Lipinski definition) is 4. The molecule has 0 bridgehead atoms. The fourth-order valence-electron chi connectivity index (χ4n) is 0.860. The summed E-state index contributed by atoms with van der Waals surface area (Å²) >= 11 is 0. The maximum absolute atomic E-state index is 11.6. The minimum atomic E-state index is -3.57. The van der Waals surface area contributed by atoms with Crippen molar-refractivity contribution in [2.75, 3.05) is 13.6 Å². The molecule has 0 radical (unpaired) electrons. The molecule has 1 aromatic heterocycles. The van der Waals surface area contributed by atoms with Gasteiger partial charge in [-0.2, -0.15) is 4.31 Å². The first-order valence-corrected chi connectivity index (χ1v) is 5.47. The molecule has 0 fully saturated rings. The Morgan fingerprint density at radius 2 is 2.14 bits per heavy atom. The van der Waals surface area contributed by atoms with E-state index in [-0.39, 0.29) is 10.9 Å². The van der Waals surface area contributed by atoms with Crippen molar-refractivity contribution >= 4 is 16.3 Å². The zero-order chi connectivity index (χ0) is 10.8. The highest BCUT2D eigenvalue weighted by atomic mass is 32.2. The van der Waals surface area contributed by atoms with Crippen LogP contribution >= 0.6 is 0 Å². The van der Waals surface area contributed by atoms with E-state index in [1.807, 2.05) is 0 Å². The van der Waals surface area contributed by atoms with Gasteiger partial charge in [-0.3, -0.25) is 4.79 Å². The van der Waals surface area contributed by atoms with E-state index >= 15 is 0 Å². The van der Waals surface area contributed by atoms with Crippen LogP contribution in [0.4, 0.5) is 0 Å². The van der Waals surface area contributed by atoms with E-state index in [2.05, 4.69) is 0 Å². The van der Waals surface area contributed by atoms with Crippen LogP contribution in [0.25, 0.3) is 0 Å². The Hall–Kier alpha value is -1.14. The van der Waals surface area contributed by atoms with Gasteiger partial charge >= 0.3 is 0 Å². The van der Waals surface area contributed by atoms with Crippen molar-refractivity contribution in [2.45, 2.75) is 12.0 Å². The van der Waals surface area contributed by atoms with E-state index in [0.29, 0.717) is 12.8 Å². The number of sulfonamides is 1. The smallest absolute Gasteiger partial charge is 0.276 e. The largest absolute Gasteiger partial charge is 0.440 e. The molecule has 0 aliphatic carbocycles. The molecule has 0 aliphatic heterocycles. The molecule has 0 saturated heterocycles. The molecule has 0 aromatic carbocycles. The average molecular weight is 217 g/mol. The van der Waals surface area contributed by atoms with Gasteiger partial charge in [0.25, 0.3) is 10.0 Å². The summed E-state index contributed by atoms with van der Waals surface area (Å²) < 4.78 is 29.2. The number of nitrogens with zero attached hydrogens (tertiary/aromatic N) is 1. The SMILES string of the molecule is CCN(C)S(=O)(=O)c1ccc(C=O)o1. The van der Waals surface area contributed by atoms with Crippen LogP contribution in [0.15, 0.2) is 21.6 Å². The fraction of sp³-hybridized carbons (Fsp3) is 0.375. The highest BCUT2D eigenvalue weighted by Crippen LogP contribution is 2.16. The van der Waals surface area contributed by atoms with Crippen molar-refractivity contribution in [1.29, 1.82) is 0 Å². The average Bonchev–Trinajstić information content (AvgIpc) is 2.65. The van der Waals surface area contributed by atoms with Gasteiger partial charge in [0.1, 0.15) is 0 Å². The Bertz CT molecular complexity index is 420. The molecule has 0 spiro atoms. The molecule has 0 amide bonds. The lowest BCUT2D eigenvalue weighted by molar-refractivity contribution is 0.109. The predicted molar refractivity (Wildman–Crippen MR) is 49.6 cm³/mol. The maximum Gasteiger partial charge on any atom is 0.276 e. The third-order valence-electron chi connectivity index (χ3n) is 1.83. The van der Waals surface area contributed by atoms with Crippen LogP contribution < -0.4 is 0 Å².